The summed E-state index contributed by atoms with van der Waals surface area (Å²) in [6, 6.07) is 2.75. The first-order valence-electron chi connectivity index (χ1n) is 16.7. The molecule has 1 aliphatic carbocycles. The summed E-state index contributed by atoms with van der Waals surface area (Å²) in [7, 11) is 0. The first-order valence-corrected chi connectivity index (χ1v) is 16.7. The van der Waals surface area contributed by atoms with Gasteiger partial charge in [-0.05, 0) is 81.0 Å². The van der Waals surface area contributed by atoms with Crippen molar-refractivity contribution in [2.24, 2.45) is 5.92 Å². The van der Waals surface area contributed by atoms with Crippen molar-refractivity contribution < 1.29 is 43.4 Å². The van der Waals surface area contributed by atoms with Gasteiger partial charge in [-0.1, -0.05) is 19.9 Å². The minimum atomic E-state index is -1.34. The lowest BCUT2D eigenvalue weighted by atomic mass is 10.0. The zero-order valence-corrected chi connectivity index (χ0v) is 28.5. The second-order valence-electron chi connectivity index (χ2n) is 12.8. The predicted octanol–water partition coefficient (Wildman–Crippen LogP) is 2.14. The number of aliphatic carboxylic acids is 1. The van der Waals surface area contributed by atoms with Gasteiger partial charge in [0.1, 0.15) is 24.4 Å². The van der Waals surface area contributed by atoms with Crippen LogP contribution in [0.5, 0.6) is 0 Å². The molecule has 4 atom stereocenters. The molecule has 1 aromatic carbocycles. The number of anilines is 1. The van der Waals surface area contributed by atoms with E-state index in [1.165, 1.54) is 24.3 Å². The number of carbonyl (C=O) groups excluding carboxylic acids is 5. The van der Waals surface area contributed by atoms with Crippen LogP contribution >= 0.6 is 0 Å². The Hall–Kier alpha value is -4.79. The van der Waals surface area contributed by atoms with Crippen LogP contribution in [0.1, 0.15) is 106 Å². The first kappa shape index (κ1) is 38.7. The maximum atomic E-state index is 13.4. The van der Waals surface area contributed by atoms with Gasteiger partial charge < -0.3 is 41.2 Å². The van der Waals surface area contributed by atoms with Gasteiger partial charge in [-0.3, -0.25) is 28.8 Å². The SMILES string of the molecule is CC(=O)O.CC(C)C[C@@H]1NC(=O)[C@H]([C@@H](C)O)NC(=O)[C@@H](NC(=O)CCC(=O)Nc2ccc3c(c2)CCC3)CCCCNC(=O)c2coc1n2. The molecule has 7 N–H and O–H groups in total. The van der Waals surface area contributed by atoms with Crippen LogP contribution in [0.2, 0.25) is 0 Å². The highest BCUT2D eigenvalue weighted by Gasteiger charge is 2.33. The van der Waals surface area contributed by atoms with Crippen LogP contribution in [0.25, 0.3) is 0 Å². The fraction of sp³-hybridized carbons (Fsp3) is 0.559. The molecular formula is C34H48N6O9. The number of nitrogens with zero attached hydrogens (tertiary/aromatic N) is 1. The summed E-state index contributed by atoms with van der Waals surface area (Å²) in [6.07, 6.45) is 4.42. The summed E-state index contributed by atoms with van der Waals surface area (Å²) < 4.78 is 5.53. The zero-order chi connectivity index (χ0) is 36.1. The third-order valence-corrected chi connectivity index (χ3v) is 7.96. The number of fused-ring (bicyclic) bond motifs is 3. The van der Waals surface area contributed by atoms with E-state index in [4.69, 9.17) is 14.3 Å². The number of rotatable bonds is 8. The molecule has 2 bridgehead atoms. The van der Waals surface area contributed by atoms with E-state index in [1.54, 1.807) is 0 Å². The summed E-state index contributed by atoms with van der Waals surface area (Å²) in [5.74, 6) is -3.17. The number of hydrogen-bond donors (Lipinski definition) is 7. The van der Waals surface area contributed by atoms with Crippen LogP contribution in [0.4, 0.5) is 5.69 Å². The second-order valence-corrected chi connectivity index (χ2v) is 12.8. The van der Waals surface area contributed by atoms with Crippen LogP contribution in [0.15, 0.2) is 28.9 Å². The Morgan fingerprint density at radius 3 is 2.37 bits per heavy atom. The minimum Gasteiger partial charge on any atom is -0.481 e. The highest BCUT2D eigenvalue weighted by molar-refractivity contribution is 5.95. The summed E-state index contributed by atoms with van der Waals surface area (Å²) in [4.78, 5) is 78.0. The monoisotopic (exact) mass is 684 g/mol. The van der Waals surface area contributed by atoms with Crippen LogP contribution in [0.3, 0.4) is 0 Å². The number of carboxylic acids is 1. The fourth-order valence-electron chi connectivity index (χ4n) is 5.57. The number of carbonyl (C=O) groups is 6. The average Bonchev–Trinajstić information content (AvgIpc) is 3.70. The lowest BCUT2D eigenvalue weighted by Crippen LogP contribution is -2.57. The van der Waals surface area contributed by atoms with Crippen molar-refractivity contribution in [3.05, 3.63) is 47.2 Å². The fourth-order valence-corrected chi connectivity index (χ4v) is 5.57. The Kier molecular flexibility index (Phi) is 14.7. The van der Waals surface area contributed by atoms with Gasteiger partial charge in [0.2, 0.25) is 29.5 Å². The molecule has 0 saturated heterocycles. The highest BCUT2D eigenvalue weighted by atomic mass is 16.4. The normalized spacial score (nSPS) is 20.4. The summed E-state index contributed by atoms with van der Waals surface area (Å²) in [6.45, 7) is 6.65. The molecule has 5 amide bonds. The van der Waals surface area contributed by atoms with Gasteiger partial charge in [-0.2, -0.15) is 0 Å². The average molecular weight is 685 g/mol. The van der Waals surface area contributed by atoms with Crippen LogP contribution in [-0.4, -0.2) is 75.4 Å². The maximum Gasteiger partial charge on any atom is 0.300 e. The predicted molar refractivity (Wildman–Crippen MR) is 178 cm³/mol. The number of aliphatic hydroxyl groups excluding tert-OH is 1. The molecule has 2 aromatic rings. The van der Waals surface area contributed by atoms with Gasteiger partial charge in [0.15, 0.2) is 5.69 Å². The molecule has 0 saturated carbocycles. The number of aliphatic hydroxyl groups is 1. The Bertz CT molecular complexity index is 1480. The van der Waals surface area contributed by atoms with Gasteiger partial charge in [0.25, 0.3) is 11.9 Å². The molecule has 1 aromatic heterocycles. The number of amides is 5. The third kappa shape index (κ3) is 12.6. The third-order valence-electron chi connectivity index (χ3n) is 7.96. The molecule has 0 unspecified atom stereocenters. The number of nitrogens with one attached hydrogen (secondary N) is 5. The van der Waals surface area contributed by atoms with Crippen LogP contribution < -0.4 is 26.6 Å². The van der Waals surface area contributed by atoms with Gasteiger partial charge in [0.05, 0.1) is 6.10 Å². The molecular weight excluding hydrogens is 636 g/mol. The molecule has 49 heavy (non-hydrogen) atoms. The van der Waals surface area contributed by atoms with Crippen molar-refractivity contribution >= 4 is 41.2 Å². The molecule has 1 aliphatic heterocycles. The summed E-state index contributed by atoms with van der Waals surface area (Å²) in [5, 5.41) is 31.5. The zero-order valence-electron chi connectivity index (χ0n) is 28.5. The molecule has 2 aliphatic rings. The van der Waals surface area contributed by atoms with E-state index in [0.29, 0.717) is 31.5 Å². The van der Waals surface area contributed by atoms with Gasteiger partial charge in [0, 0.05) is 32.0 Å². The maximum absolute atomic E-state index is 13.4. The Morgan fingerprint density at radius 1 is 0.980 bits per heavy atom. The van der Waals surface area contributed by atoms with E-state index >= 15 is 0 Å². The van der Waals surface area contributed by atoms with E-state index < -0.39 is 53.8 Å². The number of aryl methyl sites for hydroxylation is 2. The van der Waals surface area contributed by atoms with Gasteiger partial charge in [-0.15, -0.1) is 0 Å². The van der Waals surface area contributed by atoms with Crippen molar-refractivity contribution in [2.45, 2.75) is 110 Å². The standard InChI is InChI=1S/C32H44N6O7.C2H4O2/c1-18(2)15-24-32-37-25(17-45-32)29(42)33-14-5-4-9-23(30(43)38-28(19(3)39)31(44)36-24)35-27(41)13-12-26(40)34-22-11-10-20-7-6-8-21(20)16-22;1-2(3)4/h10-11,16-19,23-24,28,39H,4-9,12-15H2,1-3H3,(H,33,42)(H,34,40)(H,35,41)(H,36,44)(H,38,43);1H3,(H,3,4)/t19-,23+,24+,28+;/m1./s1. The number of hydrogen-bond acceptors (Lipinski definition) is 9. The van der Waals surface area contributed by atoms with Crippen molar-refractivity contribution in [2.75, 3.05) is 11.9 Å². The quantitative estimate of drug-likeness (QED) is 0.214. The lowest BCUT2D eigenvalue weighted by molar-refractivity contribution is -0.134. The van der Waals surface area contributed by atoms with E-state index in [2.05, 4.69) is 31.6 Å². The minimum absolute atomic E-state index is 0.0748. The summed E-state index contributed by atoms with van der Waals surface area (Å²) in [5.41, 5.74) is 3.28. The first-order chi connectivity index (χ1) is 23.2. The van der Waals surface area contributed by atoms with E-state index in [-0.39, 0.29) is 42.7 Å². The lowest BCUT2D eigenvalue weighted by Gasteiger charge is -2.27. The van der Waals surface area contributed by atoms with Crippen molar-refractivity contribution in [1.29, 1.82) is 0 Å². The molecule has 15 nitrogen and oxygen atoms in total. The summed E-state index contributed by atoms with van der Waals surface area (Å²) >= 11 is 0. The topological polar surface area (TPSA) is 229 Å². The number of carboxylic acid groups (broad SMARTS) is 1. The van der Waals surface area contributed by atoms with Crippen molar-refractivity contribution in [3.63, 3.8) is 0 Å². The van der Waals surface area contributed by atoms with Crippen molar-refractivity contribution in [3.8, 4) is 0 Å². The smallest absolute Gasteiger partial charge is 0.300 e. The van der Waals surface area contributed by atoms with Gasteiger partial charge in [-0.25, -0.2) is 4.98 Å². The van der Waals surface area contributed by atoms with Crippen molar-refractivity contribution in [1.82, 2.24) is 26.3 Å². The molecule has 15 heteroatoms. The second kappa shape index (κ2) is 18.7. The number of benzene rings is 1. The Balaban J connectivity index is 0.00000154. The molecule has 0 radical (unpaired) electrons. The Labute approximate surface area is 285 Å². The Morgan fingerprint density at radius 2 is 1.67 bits per heavy atom. The largest absolute Gasteiger partial charge is 0.481 e. The van der Waals surface area contributed by atoms with E-state index in [0.717, 1.165) is 26.2 Å². The molecule has 0 spiro atoms. The molecule has 4 rings (SSSR count). The molecule has 2 heterocycles. The van der Waals surface area contributed by atoms with Crippen LogP contribution in [0, 0.1) is 5.92 Å². The molecule has 268 valence electrons. The molecule has 0 fully saturated rings. The van der Waals surface area contributed by atoms with E-state index in [1.807, 2.05) is 32.0 Å². The van der Waals surface area contributed by atoms with E-state index in [9.17, 15) is 29.1 Å². The number of aromatic nitrogens is 1. The number of oxazole rings is 1. The van der Waals surface area contributed by atoms with Gasteiger partial charge >= 0.3 is 0 Å². The highest BCUT2D eigenvalue weighted by Crippen LogP contribution is 2.25. The van der Waals surface area contributed by atoms with Crippen LogP contribution in [-0.2, 0) is 36.8 Å².